The van der Waals surface area contributed by atoms with E-state index in [1.54, 1.807) is 55.5 Å². The second-order valence-electron chi connectivity index (χ2n) is 6.67. The van der Waals surface area contributed by atoms with Gasteiger partial charge in [-0.1, -0.05) is 46.9 Å². The van der Waals surface area contributed by atoms with E-state index in [9.17, 15) is 9.59 Å². The molecule has 34 heavy (non-hydrogen) atoms. The number of para-hydroxylation sites is 1. The molecule has 0 bridgehead atoms. The highest BCUT2D eigenvalue weighted by Crippen LogP contribution is 2.30. The Morgan fingerprint density at radius 2 is 1.71 bits per heavy atom. The normalized spacial score (nSPS) is 10.7. The largest absolute Gasteiger partial charge is 0.490 e. The summed E-state index contributed by atoms with van der Waals surface area (Å²) >= 11 is 17.9. The third-order valence-electron chi connectivity index (χ3n) is 4.22. The fourth-order valence-corrected chi connectivity index (χ4v) is 3.36. The summed E-state index contributed by atoms with van der Waals surface area (Å²) in [5.41, 5.74) is 3.13. The lowest BCUT2D eigenvalue weighted by atomic mass is 10.2. The molecule has 0 heterocycles. The molecule has 0 saturated carbocycles. The topological polar surface area (TPSA) is 86.2 Å². The van der Waals surface area contributed by atoms with Crippen molar-refractivity contribution < 1.29 is 23.8 Å². The van der Waals surface area contributed by atoms with Crippen molar-refractivity contribution in [1.29, 1.82) is 0 Å². The number of carbonyl (C=O) groups is 2. The first-order valence-corrected chi connectivity index (χ1v) is 11.1. The van der Waals surface area contributed by atoms with Crippen molar-refractivity contribution in [2.45, 2.75) is 6.92 Å². The minimum atomic E-state index is -0.658. The number of rotatable bonds is 9. The van der Waals surface area contributed by atoms with Crippen LogP contribution in [0.4, 0.5) is 0 Å². The van der Waals surface area contributed by atoms with E-state index in [1.165, 1.54) is 18.3 Å². The Bertz CT molecular complexity index is 1220. The molecule has 3 aromatic rings. The van der Waals surface area contributed by atoms with Crippen LogP contribution in [0, 0.1) is 0 Å². The standard InChI is InChI=1S/C24H19Cl3N2O5/c1-2-32-22-11-15(13-28-29-23(30)14-33-20-6-4-3-5-18(20)26)7-10-21(22)34-24(31)17-9-8-16(25)12-19(17)27/h3-13H,2,14H2,1H3,(H,29,30). The van der Waals surface area contributed by atoms with Gasteiger partial charge in [-0.05, 0) is 61.0 Å². The lowest BCUT2D eigenvalue weighted by molar-refractivity contribution is -0.123. The number of amides is 1. The summed E-state index contributed by atoms with van der Waals surface area (Å²) in [4.78, 5) is 24.5. The molecule has 0 unspecified atom stereocenters. The van der Waals surface area contributed by atoms with Crippen LogP contribution in [-0.4, -0.2) is 31.3 Å². The maximum Gasteiger partial charge on any atom is 0.345 e. The van der Waals surface area contributed by atoms with Crippen molar-refractivity contribution in [3.05, 3.63) is 86.9 Å². The van der Waals surface area contributed by atoms with Crippen molar-refractivity contribution in [2.24, 2.45) is 5.10 Å². The molecule has 0 aliphatic rings. The lowest BCUT2D eigenvalue weighted by Crippen LogP contribution is -2.24. The molecular formula is C24H19Cl3N2O5. The van der Waals surface area contributed by atoms with Crippen LogP contribution in [0.25, 0.3) is 0 Å². The van der Waals surface area contributed by atoms with E-state index in [4.69, 9.17) is 49.0 Å². The Morgan fingerprint density at radius 3 is 2.44 bits per heavy atom. The van der Waals surface area contributed by atoms with Crippen LogP contribution in [0.5, 0.6) is 17.2 Å². The Kier molecular flexibility index (Phi) is 9.16. The minimum Gasteiger partial charge on any atom is -0.490 e. The fourth-order valence-electron chi connectivity index (χ4n) is 2.68. The van der Waals surface area contributed by atoms with Gasteiger partial charge in [0.15, 0.2) is 18.1 Å². The maximum atomic E-state index is 12.5. The van der Waals surface area contributed by atoms with E-state index in [0.717, 1.165) is 0 Å². The predicted octanol–water partition coefficient (Wildman–Crippen LogP) is 5.79. The highest BCUT2D eigenvalue weighted by Gasteiger charge is 2.16. The fraction of sp³-hybridized carbons (Fsp3) is 0.125. The average molecular weight is 522 g/mol. The Balaban J connectivity index is 1.62. The molecule has 1 N–H and O–H groups in total. The predicted molar refractivity (Wildman–Crippen MR) is 132 cm³/mol. The number of hydrazone groups is 1. The maximum absolute atomic E-state index is 12.5. The first kappa shape index (κ1) is 25.4. The number of halogens is 3. The van der Waals surface area contributed by atoms with Gasteiger partial charge in [-0.3, -0.25) is 4.79 Å². The van der Waals surface area contributed by atoms with E-state index >= 15 is 0 Å². The molecule has 3 aromatic carbocycles. The number of hydrogen-bond acceptors (Lipinski definition) is 6. The first-order valence-electron chi connectivity index (χ1n) is 10.0. The van der Waals surface area contributed by atoms with Crippen molar-refractivity contribution in [2.75, 3.05) is 13.2 Å². The second kappa shape index (κ2) is 12.3. The zero-order chi connectivity index (χ0) is 24.5. The second-order valence-corrected chi connectivity index (χ2v) is 7.92. The van der Waals surface area contributed by atoms with Gasteiger partial charge in [0.2, 0.25) is 0 Å². The van der Waals surface area contributed by atoms with Gasteiger partial charge in [0.1, 0.15) is 5.75 Å². The zero-order valence-electron chi connectivity index (χ0n) is 17.9. The van der Waals surface area contributed by atoms with E-state index < -0.39 is 11.9 Å². The van der Waals surface area contributed by atoms with Gasteiger partial charge in [0.05, 0.1) is 28.4 Å². The third-order valence-corrected chi connectivity index (χ3v) is 5.08. The molecular weight excluding hydrogens is 503 g/mol. The van der Waals surface area contributed by atoms with E-state index in [0.29, 0.717) is 33.7 Å². The summed E-state index contributed by atoms with van der Waals surface area (Å²) in [6.07, 6.45) is 1.41. The minimum absolute atomic E-state index is 0.167. The van der Waals surface area contributed by atoms with Gasteiger partial charge in [-0.15, -0.1) is 0 Å². The Labute approximate surface area is 211 Å². The van der Waals surface area contributed by atoms with Crippen LogP contribution in [0.3, 0.4) is 0 Å². The number of carbonyl (C=O) groups excluding carboxylic acids is 2. The number of esters is 1. The SMILES string of the molecule is CCOc1cc(C=NNC(=O)COc2ccccc2Cl)ccc1OC(=O)c1ccc(Cl)cc1Cl. The highest BCUT2D eigenvalue weighted by atomic mass is 35.5. The zero-order valence-corrected chi connectivity index (χ0v) is 20.2. The lowest BCUT2D eigenvalue weighted by Gasteiger charge is -2.12. The summed E-state index contributed by atoms with van der Waals surface area (Å²) in [6, 6.07) is 16.1. The molecule has 0 aromatic heterocycles. The first-order chi connectivity index (χ1) is 16.4. The molecule has 0 saturated heterocycles. The molecule has 0 radical (unpaired) electrons. The molecule has 10 heteroatoms. The van der Waals surface area contributed by atoms with Crippen LogP contribution in [-0.2, 0) is 4.79 Å². The van der Waals surface area contributed by atoms with Crippen LogP contribution in [0.15, 0.2) is 65.8 Å². The van der Waals surface area contributed by atoms with Gasteiger partial charge < -0.3 is 14.2 Å². The van der Waals surface area contributed by atoms with Crippen LogP contribution in [0.1, 0.15) is 22.8 Å². The third kappa shape index (κ3) is 7.12. The Hall–Kier alpha value is -3.26. The highest BCUT2D eigenvalue weighted by molar-refractivity contribution is 6.36. The van der Waals surface area contributed by atoms with Crippen molar-refractivity contribution in [3.8, 4) is 17.2 Å². The van der Waals surface area contributed by atoms with Gasteiger partial charge in [0.25, 0.3) is 5.91 Å². The number of nitrogens with zero attached hydrogens (tertiary/aromatic N) is 1. The van der Waals surface area contributed by atoms with E-state index in [2.05, 4.69) is 10.5 Å². The molecule has 176 valence electrons. The Morgan fingerprint density at radius 1 is 0.912 bits per heavy atom. The van der Waals surface area contributed by atoms with Gasteiger partial charge in [-0.25, -0.2) is 10.2 Å². The number of nitrogens with one attached hydrogen (secondary N) is 1. The van der Waals surface area contributed by atoms with Gasteiger partial charge in [-0.2, -0.15) is 5.10 Å². The quantitative estimate of drug-likeness (QED) is 0.167. The van der Waals surface area contributed by atoms with Crippen LogP contribution in [0.2, 0.25) is 15.1 Å². The van der Waals surface area contributed by atoms with Crippen LogP contribution < -0.4 is 19.6 Å². The van der Waals surface area contributed by atoms with Crippen LogP contribution >= 0.6 is 34.8 Å². The van der Waals surface area contributed by atoms with Crippen molar-refractivity contribution in [3.63, 3.8) is 0 Å². The van der Waals surface area contributed by atoms with Gasteiger partial charge >= 0.3 is 5.97 Å². The van der Waals surface area contributed by atoms with Gasteiger partial charge in [0, 0.05) is 5.02 Å². The molecule has 7 nitrogen and oxygen atoms in total. The molecule has 3 rings (SSSR count). The molecule has 0 spiro atoms. The molecule has 1 amide bonds. The average Bonchev–Trinajstić information content (AvgIpc) is 2.80. The molecule has 0 fully saturated rings. The molecule has 0 atom stereocenters. The monoisotopic (exact) mass is 520 g/mol. The summed E-state index contributed by atoms with van der Waals surface area (Å²) in [5, 5.41) is 4.89. The van der Waals surface area contributed by atoms with E-state index in [1.807, 2.05) is 0 Å². The number of hydrogen-bond donors (Lipinski definition) is 1. The number of benzene rings is 3. The van der Waals surface area contributed by atoms with Crippen molar-refractivity contribution >= 4 is 52.9 Å². The number of ether oxygens (including phenoxy) is 3. The van der Waals surface area contributed by atoms with E-state index in [-0.39, 0.29) is 22.9 Å². The summed E-state index contributed by atoms with van der Waals surface area (Å²) in [7, 11) is 0. The molecule has 0 aliphatic heterocycles. The smallest absolute Gasteiger partial charge is 0.345 e. The van der Waals surface area contributed by atoms with Crippen molar-refractivity contribution in [1.82, 2.24) is 5.43 Å². The summed E-state index contributed by atoms with van der Waals surface area (Å²) < 4.78 is 16.4. The molecule has 0 aliphatic carbocycles. The summed E-state index contributed by atoms with van der Waals surface area (Å²) in [5.74, 6) is -0.207. The summed E-state index contributed by atoms with van der Waals surface area (Å²) in [6.45, 7) is 1.87.